The number of carbonyl (C=O) groups is 3. The molecule has 1 aliphatic heterocycles. The second-order valence-electron chi connectivity index (χ2n) is 11.1. The number of benzene rings is 1. The van der Waals surface area contributed by atoms with Crippen molar-refractivity contribution in [2.24, 2.45) is 17.3 Å². The predicted octanol–water partition coefficient (Wildman–Crippen LogP) is 4.62. The van der Waals surface area contributed by atoms with Crippen LogP contribution in [0.3, 0.4) is 0 Å². The molecule has 1 saturated heterocycles. The number of amides is 2. The summed E-state index contributed by atoms with van der Waals surface area (Å²) in [4.78, 5) is 46.1. The Kier molecular flexibility index (Phi) is 9.65. The maximum absolute atomic E-state index is 13.6. The molecule has 2 atom stereocenters. The zero-order valence-corrected chi connectivity index (χ0v) is 22.3. The Morgan fingerprint density at radius 2 is 1.81 bits per heavy atom. The third-order valence-electron chi connectivity index (χ3n) is 6.63. The highest BCUT2D eigenvalue weighted by molar-refractivity contribution is 6.00. The third-order valence-corrected chi connectivity index (χ3v) is 6.63. The average molecular weight is 500 g/mol. The number of ketones is 1. The number of morpholine rings is 1. The van der Waals surface area contributed by atoms with Gasteiger partial charge in [0.25, 0.3) is 5.89 Å². The van der Waals surface area contributed by atoms with Crippen molar-refractivity contribution in [2.75, 3.05) is 26.3 Å². The molecule has 1 fully saturated rings. The van der Waals surface area contributed by atoms with E-state index in [9.17, 15) is 14.4 Å². The summed E-state index contributed by atoms with van der Waals surface area (Å²) in [6, 6.07) is 6.44. The van der Waals surface area contributed by atoms with Gasteiger partial charge in [-0.1, -0.05) is 53.2 Å². The second kappa shape index (κ2) is 12.5. The van der Waals surface area contributed by atoms with Crippen molar-refractivity contribution < 1.29 is 23.5 Å². The van der Waals surface area contributed by atoms with Gasteiger partial charge in [0.15, 0.2) is 5.58 Å². The number of oxazole rings is 1. The highest BCUT2D eigenvalue weighted by Crippen LogP contribution is 2.34. The van der Waals surface area contributed by atoms with Gasteiger partial charge in [-0.05, 0) is 42.7 Å². The van der Waals surface area contributed by atoms with E-state index < -0.39 is 12.0 Å². The lowest BCUT2D eigenvalue weighted by Gasteiger charge is -2.33. The van der Waals surface area contributed by atoms with Crippen LogP contribution in [0.25, 0.3) is 11.1 Å². The highest BCUT2D eigenvalue weighted by Gasteiger charge is 2.34. The number of ether oxygens (including phenoxy) is 1. The Balaban J connectivity index is 1.78. The maximum Gasteiger partial charge on any atom is 0.266 e. The Bertz CT molecular complexity index is 1010. The van der Waals surface area contributed by atoms with Gasteiger partial charge in [0.05, 0.1) is 19.3 Å². The molecule has 0 radical (unpaired) electrons. The van der Waals surface area contributed by atoms with Gasteiger partial charge in [0.1, 0.15) is 5.52 Å². The quantitative estimate of drug-likeness (QED) is 0.428. The zero-order valence-electron chi connectivity index (χ0n) is 22.3. The largest absolute Gasteiger partial charge is 0.434 e. The summed E-state index contributed by atoms with van der Waals surface area (Å²) in [6.45, 7) is 12.7. The molecule has 0 saturated carbocycles. The number of hydrogen-bond acceptors (Lipinski definition) is 6. The van der Waals surface area contributed by atoms with Crippen LogP contribution in [0.5, 0.6) is 0 Å². The van der Waals surface area contributed by atoms with Crippen molar-refractivity contribution in [3.05, 3.63) is 30.2 Å². The average Bonchev–Trinajstić information content (AvgIpc) is 3.26. The van der Waals surface area contributed by atoms with E-state index in [1.165, 1.54) is 0 Å². The molecule has 1 aliphatic rings. The smallest absolute Gasteiger partial charge is 0.266 e. The molecule has 2 heterocycles. The van der Waals surface area contributed by atoms with Crippen molar-refractivity contribution >= 4 is 28.7 Å². The summed E-state index contributed by atoms with van der Waals surface area (Å²) < 4.78 is 11.1. The molecule has 1 N–H and O–H groups in total. The lowest BCUT2D eigenvalue weighted by molar-refractivity contribution is -0.140. The third kappa shape index (κ3) is 7.63. The fourth-order valence-corrected chi connectivity index (χ4v) is 5.24. The van der Waals surface area contributed by atoms with E-state index in [0.717, 1.165) is 6.42 Å². The van der Waals surface area contributed by atoms with Crippen molar-refractivity contribution in [1.82, 2.24) is 15.2 Å². The van der Waals surface area contributed by atoms with Gasteiger partial charge < -0.3 is 19.4 Å². The molecule has 0 aliphatic carbocycles. The van der Waals surface area contributed by atoms with E-state index in [-0.39, 0.29) is 35.3 Å². The van der Waals surface area contributed by atoms with Crippen molar-refractivity contribution in [1.29, 1.82) is 0 Å². The Morgan fingerprint density at radius 1 is 1.11 bits per heavy atom. The molecule has 2 amide bonds. The van der Waals surface area contributed by atoms with Crippen LogP contribution in [0.1, 0.15) is 77.4 Å². The van der Waals surface area contributed by atoms with Crippen LogP contribution < -0.4 is 5.32 Å². The summed E-state index contributed by atoms with van der Waals surface area (Å²) in [5, 5.41) is 2.96. The van der Waals surface area contributed by atoms with Crippen molar-refractivity contribution in [3.63, 3.8) is 0 Å². The van der Waals surface area contributed by atoms with E-state index in [1.807, 2.05) is 19.1 Å². The second-order valence-corrected chi connectivity index (χ2v) is 11.1. The van der Waals surface area contributed by atoms with Crippen LogP contribution in [0.4, 0.5) is 0 Å². The lowest BCUT2D eigenvalue weighted by Crippen LogP contribution is -2.47. The summed E-state index contributed by atoms with van der Waals surface area (Å²) >= 11 is 0. The van der Waals surface area contributed by atoms with Crippen LogP contribution in [0.15, 0.2) is 28.7 Å². The topological polar surface area (TPSA) is 102 Å². The fourth-order valence-electron chi connectivity index (χ4n) is 5.24. The summed E-state index contributed by atoms with van der Waals surface area (Å²) in [7, 11) is 0. The molecule has 1 aromatic heterocycles. The van der Waals surface area contributed by atoms with Crippen LogP contribution in [-0.4, -0.2) is 59.8 Å². The number of para-hydroxylation sites is 2. The molecule has 36 heavy (non-hydrogen) atoms. The molecule has 8 nitrogen and oxygen atoms in total. The van der Waals surface area contributed by atoms with E-state index in [4.69, 9.17) is 9.15 Å². The van der Waals surface area contributed by atoms with Gasteiger partial charge in [0.2, 0.25) is 17.6 Å². The Labute approximate surface area is 214 Å². The molecule has 198 valence electrons. The van der Waals surface area contributed by atoms with Gasteiger partial charge in [-0.25, -0.2) is 4.98 Å². The molecular formula is C28H41N3O5. The van der Waals surface area contributed by atoms with Gasteiger partial charge >= 0.3 is 0 Å². The summed E-state index contributed by atoms with van der Waals surface area (Å²) in [5.74, 6) is -0.735. The fraction of sp³-hybridized carbons (Fsp3) is 0.643. The minimum Gasteiger partial charge on any atom is -0.434 e. The molecule has 1 aromatic carbocycles. The van der Waals surface area contributed by atoms with Gasteiger partial charge in [-0.3, -0.25) is 14.4 Å². The first-order valence-electron chi connectivity index (χ1n) is 13.2. The monoisotopic (exact) mass is 499 g/mol. The minimum atomic E-state index is -0.759. The normalized spacial score (nSPS) is 16.2. The van der Waals surface area contributed by atoms with Crippen LogP contribution in [0.2, 0.25) is 0 Å². The van der Waals surface area contributed by atoms with Crippen molar-refractivity contribution in [3.8, 4) is 0 Å². The lowest BCUT2D eigenvalue weighted by atomic mass is 9.75. The predicted molar refractivity (Wildman–Crippen MR) is 139 cm³/mol. The van der Waals surface area contributed by atoms with Gasteiger partial charge in [-0.2, -0.15) is 0 Å². The number of carbonyl (C=O) groups excluding carboxylic acids is 3. The number of aromatic nitrogens is 1. The Hall–Kier alpha value is -2.74. The molecular weight excluding hydrogens is 458 g/mol. The first-order chi connectivity index (χ1) is 17.1. The molecule has 3 rings (SSSR count). The first kappa shape index (κ1) is 27.8. The van der Waals surface area contributed by atoms with Gasteiger partial charge in [-0.15, -0.1) is 0 Å². The van der Waals surface area contributed by atoms with Crippen LogP contribution in [-0.2, 0) is 14.3 Å². The maximum atomic E-state index is 13.6. The molecule has 0 bridgehead atoms. The van der Waals surface area contributed by atoms with Gasteiger partial charge in [0, 0.05) is 25.4 Å². The van der Waals surface area contributed by atoms with Crippen LogP contribution in [0, 0.1) is 17.3 Å². The SMILES string of the molecule is CCC[C@H](NC(=O)C(CC(=O)N1CCOCC1)CC(C)(C)CC(C)C)C(=O)c1nc2ccccc2o1. The number of fused-ring (bicyclic) bond motifs is 1. The number of rotatable bonds is 12. The number of nitrogens with zero attached hydrogens (tertiary/aromatic N) is 2. The standard InChI is InChI=1S/C28H41N3O5/c1-6-9-22(25(33)27-30-21-10-7-8-11-23(21)36-27)29-26(34)20(18-28(4,5)17-19(2)3)16-24(32)31-12-14-35-15-13-31/h7-8,10-11,19-20,22H,6,9,12-18H2,1-5H3,(H,29,34)/t20?,22-/m0/s1. The molecule has 0 spiro atoms. The highest BCUT2D eigenvalue weighted by atomic mass is 16.5. The van der Waals surface area contributed by atoms with E-state index >= 15 is 0 Å². The number of nitrogens with one attached hydrogen (secondary N) is 1. The molecule has 2 aromatic rings. The summed E-state index contributed by atoms with van der Waals surface area (Å²) in [5.41, 5.74) is 1.00. The van der Waals surface area contributed by atoms with Crippen molar-refractivity contribution in [2.45, 2.75) is 72.8 Å². The van der Waals surface area contributed by atoms with Crippen LogP contribution >= 0.6 is 0 Å². The molecule has 1 unspecified atom stereocenters. The number of Topliss-reactive ketones (excluding diaryl/α,β-unsaturated/α-hetero) is 1. The van der Waals surface area contributed by atoms with E-state index in [0.29, 0.717) is 62.6 Å². The molecule has 8 heteroatoms. The minimum absolute atomic E-state index is 0.00368. The first-order valence-corrected chi connectivity index (χ1v) is 13.2. The Morgan fingerprint density at radius 3 is 2.44 bits per heavy atom. The summed E-state index contributed by atoms with van der Waals surface area (Å²) in [6.07, 6.45) is 2.77. The number of hydrogen-bond donors (Lipinski definition) is 1. The zero-order chi connectivity index (χ0) is 26.3. The van der Waals surface area contributed by atoms with E-state index in [1.54, 1.807) is 17.0 Å². The van der Waals surface area contributed by atoms with E-state index in [2.05, 4.69) is 38.0 Å².